The van der Waals surface area contributed by atoms with E-state index in [0.29, 0.717) is 13.1 Å². The molecule has 2 aromatic rings. The van der Waals surface area contributed by atoms with Crippen molar-refractivity contribution in [3.63, 3.8) is 0 Å². The van der Waals surface area contributed by atoms with E-state index in [1.807, 2.05) is 19.1 Å². The molecule has 0 fully saturated rings. The summed E-state index contributed by atoms with van der Waals surface area (Å²) in [4.78, 5) is 25.7. The van der Waals surface area contributed by atoms with E-state index in [2.05, 4.69) is 11.8 Å². The summed E-state index contributed by atoms with van der Waals surface area (Å²) < 4.78 is 2.74. The maximum absolute atomic E-state index is 12.1. The van der Waals surface area contributed by atoms with Gasteiger partial charge in [0.25, 0.3) is 5.56 Å². The molecule has 2 rings (SSSR count). The second-order valence-corrected chi connectivity index (χ2v) is 5.25. The summed E-state index contributed by atoms with van der Waals surface area (Å²) in [5.74, 6) is 5.71. The van der Waals surface area contributed by atoms with Crippen molar-refractivity contribution in [3.8, 4) is 11.8 Å². The number of nitrogens with two attached hydrogens (primary N) is 1. The lowest BCUT2D eigenvalue weighted by atomic mass is 10.4. The van der Waals surface area contributed by atoms with Gasteiger partial charge < -0.3 is 10.3 Å². The van der Waals surface area contributed by atoms with Gasteiger partial charge in [-0.25, -0.2) is 4.79 Å². The van der Waals surface area contributed by atoms with Gasteiger partial charge in [0.15, 0.2) is 0 Å². The summed E-state index contributed by atoms with van der Waals surface area (Å²) in [6.07, 6.45) is 1.52. The SMILES string of the molecule is CCn1ccc(=O)n(Cc2ccc(C#CCN)s2)c1=O. The van der Waals surface area contributed by atoms with Crippen LogP contribution in [0.5, 0.6) is 0 Å². The topological polar surface area (TPSA) is 70.0 Å². The minimum atomic E-state index is -0.289. The van der Waals surface area contributed by atoms with Crippen LogP contribution in [0.3, 0.4) is 0 Å². The minimum Gasteiger partial charge on any atom is -0.320 e. The Balaban J connectivity index is 2.33. The second-order valence-electron chi connectivity index (χ2n) is 4.08. The molecule has 0 aliphatic carbocycles. The molecule has 104 valence electrons. The molecule has 0 aromatic carbocycles. The summed E-state index contributed by atoms with van der Waals surface area (Å²) in [6, 6.07) is 5.16. The highest BCUT2D eigenvalue weighted by Crippen LogP contribution is 2.15. The smallest absolute Gasteiger partial charge is 0.320 e. The molecule has 0 aliphatic heterocycles. The van der Waals surface area contributed by atoms with Crippen molar-refractivity contribution in [1.82, 2.24) is 9.13 Å². The van der Waals surface area contributed by atoms with Gasteiger partial charge in [0.1, 0.15) is 0 Å². The Morgan fingerprint density at radius 2 is 2.10 bits per heavy atom. The van der Waals surface area contributed by atoms with Crippen molar-refractivity contribution in [3.05, 3.63) is 55.0 Å². The molecule has 20 heavy (non-hydrogen) atoms. The molecule has 0 radical (unpaired) electrons. The molecule has 2 heterocycles. The summed E-state index contributed by atoms with van der Waals surface area (Å²) >= 11 is 1.46. The maximum Gasteiger partial charge on any atom is 0.331 e. The monoisotopic (exact) mass is 289 g/mol. The van der Waals surface area contributed by atoms with E-state index in [1.54, 1.807) is 0 Å². The highest BCUT2D eigenvalue weighted by atomic mass is 32.1. The maximum atomic E-state index is 12.1. The third-order valence-electron chi connectivity index (χ3n) is 2.77. The largest absolute Gasteiger partial charge is 0.331 e. The fraction of sp³-hybridized carbons (Fsp3) is 0.286. The summed E-state index contributed by atoms with van der Waals surface area (Å²) in [5.41, 5.74) is 4.74. The Labute approximate surface area is 120 Å². The quantitative estimate of drug-likeness (QED) is 0.834. The Morgan fingerprint density at radius 1 is 1.30 bits per heavy atom. The number of hydrogen-bond acceptors (Lipinski definition) is 4. The third kappa shape index (κ3) is 3.07. The van der Waals surface area contributed by atoms with Gasteiger partial charge in [-0.15, -0.1) is 11.3 Å². The Hall–Kier alpha value is -2.10. The third-order valence-corrected chi connectivity index (χ3v) is 3.76. The molecule has 0 unspecified atom stereocenters. The number of aromatic nitrogens is 2. The van der Waals surface area contributed by atoms with Gasteiger partial charge in [-0.05, 0) is 19.1 Å². The molecular weight excluding hydrogens is 274 g/mol. The average molecular weight is 289 g/mol. The highest BCUT2D eigenvalue weighted by Gasteiger charge is 2.06. The van der Waals surface area contributed by atoms with Gasteiger partial charge in [0.05, 0.1) is 18.0 Å². The van der Waals surface area contributed by atoms with Crippen LogP contribution in [0.1, 0.15) is 16.7 Å². The van der Waals surface area contributed by atoms with Crippen molar-refractivity contribution < 1.29 is 0 Å². The highest BCUT2D eigenvalue weighted by molar-refractivity contribution is 7.12. The molecule has 6 heteroatoms. The fourth-order valence-corrected chi connectivity index (χ4v) is 2.64. The van der Waals surface area contributed by atoms with E-state index >= 15 is 0 Å². The lowest BCUT2D eigenvalue weighted by Gasteiger charge is -2.06. The van der Waals surface area contributed by atoms with Gasteiger partial charge in [0.2, 0.25) is 0 Å². The summed E-state index contributed by atoms with van der Waals surface area (Å²) in [6.45, 7) is 2.98. The predicted octanol–water partition coefficient (Wildman–Crippen LogP) is 0.450. The van der Waals surface area contributed by atoms with E-state index in [-0.39, 0.29) is 17.8 Å². The molecule has 0 spiro atoms. The van der Waals surface area contributed by atoms with E-state index in [9.17, 15) is 9.59 Å². The minimum absolute atomic E-state index is 0.271. The fourth-order valence-electron chi connectivity index (χ4n) is 1.77. The Kier molecular flexibility index (Phi) is 4.56. The number of nitrogens with zero attached hydrogens (tertiary/aromatic N) is 2. The average Bonchev–Trinajstić information content (AvgIpc) is 2.89. The first-order chi connectivity index (χ1) is 9.65. The molecule has 0 aliphatic rings. The van der Waals surface area contributed by atoms with Crippen LogP contribution in [-0.4, -0.2) is 15.7 Å². The van der Waals surface area contributed by atoms with Gasteiger partial charge in [0, 0.05) is 23.7 Å². The summed E-state index contributed by atoms with van der Waals surface area (Å²) in [7, 11) is 0. The number of hydrogen-bond donors (Lipinski definition) is 1. The van der Waals surface area contributed by atoms with Crippen LogP contribution in [0.2, 0.25) is 0 Å². The van der Waals surface area contributed by atoms with Crippen LogP contribution in [0.25, 0.3) is 0 Å². The number of rotatable bonds is 3. The number of aryl methyl sites for hydroxylation is 1. The molecule has 5 nitrogen and oxygen atoms in total. The van der Waals surface area contributed by atoms with Crippen LogP contribution in [-0.2, 0) is 13.1 Å². The zero-order chi connectivity index (χ0) is 14.5. The van der Waals surface area contributed by atoms with E-state index in [0.717, 1.165) is 9.75 Å². The van der Waals surface area contributed by atoms with Crippen molar-refractivity contribution in [2.45, 2.75) is 20.0 Å². The van der Waals surface area contributed by atoms with Crippen LogP contribution in [0, 0.1) is 11.8 Å². The molecule has 0 bridgehead atoms. The normalized spacial score (nSPS) is 10.1. The van der Waals surface area contributed by atoms with Crippen molar-refractivity contribution in [2.24, 2.45) is 5.73 Å². The molecule has 2 aromatic heterocycles. The van der Waals surface area contributed by atoms with Crippen molar-refractivity contribution >= 4 is 11.3 Å². The van der Waals surface area contributed by atoms with Gasteiger partial charge in [-0.1, -0.05) is 11.8 Å². The van der Waals surface area contributed by atoms with E-state index in [4.69, 9.17) is 5.73 Å². The summed E-state index contributed by atoms with van der Waals surface area (Å²) in [5, 5.41) is 0. The Bertz CT molecular complexity index is 774. The first kappa shape index (κ1) is 14.3. The van der Waals surface area contributed by atoms with Gasteiger partial charge >= 0.3 is 5.69 Å². The standard InChI is InChI=1S/C14H15N3O2S/c1-2-16-9-7-13(18)17(14(16)19)10-12-6-5-11(20-12)4-3-8-15/h5-7,9H,2,8,10,15H2,1H3. The number of thiophene rings is 1. The van der Waals surface area contributed by atoms with Crippen LogP contribution in [0.15, 0.2) is 34.0 Å². The van der Waals surface area contributed by atoms with Crippen LogP contribution < -0.4 is 17.0 Å². The lowest BCUT2D eigenvalue weighted by molar-refractivity contribution is 0.603. The first-order valence-corrected chi connectivity index (χ1v) is 7.05. The van der Waals surface area contributed by atoms with Gasteiger partial charge in [-0.2, -0.15) is 0 Å². The van der Waals surface area contributed by atoms with Gasteiger partial charge in [-0.3, -0.25) is 9.36 Å². The van der Waals surface area contributed by atoms with E-state index < -0.39 is 0 Å². The first-order valence-electron chi connectivity index (χ1n) is 6.23. The van der Waals surface area contributed by atoms with E-state index in [1.165, 1.54) is 32.7 Å². The molecular formula is C14H15N3O2S. The zero-order valence-corrected chi connectivity index (χ0v) is 11.9. The second kappa shape index (κ2) is 6.37. The molecule has 0 amide bonds. The van der Waals surface area contributed by atoms with Crippen LogP contribution in [0.4, 0.5) is 0 Å². The van der Waals surface area contributed by atoms with Crippen molar-refractivity contribution in [1.29, 1.82) is 0 Å². The molecule has 2 N–H and O–H groups in total. The molecule has 0 saturated heterocycles. The molecule has 0 saturated carbocycles. The van der Waals surface area contributed by atoms with Crippen molar-refractivity contribution in [2.75, 3.05) is 6.54 Å². The molecule has 0 atom stereocenters. The predicted molar refractivity (Wildman–Crippen MR) is 80.0 cm³/mol. The zero-order valence-electron chi connectivity index (χ0n) is 11.1. The Morgan fingerprint density at radius 3 is 2.80 bits per heavy atom. The van der Waals surface area contributed by atoms with Crippen LogP contribution >= 0.6 is 11.3 Å². The lowest BCUT2D eigenvalue weighted by Crippen LogP contribution is -2.38.